The molecular formula is C18H19N5O3. The van der Waals surface area contributed by atoms with Crippen molar-refractivity contribution < 1.29 is 9.53 Å². The van der Waals surface area contributed by atoms with E-state index < -0.39 is 0 Å². The van der Waals surface area contributed by atoms with Crippen molar-refractivity contribution in [3.63, 3.8) is 0 Å². The number of ether oxygens (including phenoxy) is 1. The topological polar surface area (TPSA) is 93.1 Å². The number of rotatable bonds is 4. The van der Waals surface area contributed by atoms with E-state index in [2.05, 4.69) is 15.0 Å². The van der Waals surface area contributed by atoms with Gasteiger partial charge in [-0.25, -0.2) is 14.8 Å². The number of fused-ring (bicyclic) bond motifs is 1. The van der Waals surface area contributed by atoms with E-state index >= 15 is 0 Å². The Morgan fingerprint density at radius 3 is 2.92 bits per heavy atom. The first kappa shape index (κ1) is 16.3. The van der Waals surface area contributed by atoms with Crippen molar-refractivity contribution in [2.24, 2.45) is 0 Å². The molecule has 1 aliphatic heterocycles. The fourth-order valence-corrected chi connectivity index (χ4v) is 3.39. The summed E-state index contributed by atoms with van der Waals surface area (Å²) >= 11 is 0. The molecule has 8 heteroatoms. The van der Waals surface area contributed by atoms with Gasteiger partial charge in [0.2, 0.25) is 0 Å². The van der Waals surface area contributed by atoms with Crippen LogP contribution in [0.4, 0.5) is 0 Å². The van der Waals surface area contributed by atoms with Crippen molar-refractivity contribution in [1.82, 2.24) is 24.4 Å². The summed E-state index contributed by atoms with van der Waals surface area (Å²) in [4.78, 5) is 37.7. The largest absolute Gasteiger partial charge is 0.494 e. The Morgan fingerprint density at radius 1 is 1.35 bits per heavy atom. The van der Waals surface area contributed by atoms with Crippen LogP contribution in [0.3, 0.4) is 0 Å². The minimum Gasteiger partial charge on any atom is -0.494 e. The van der Waals surface area contributed by atoms with Gasteiger partial charge in [0.25, 0.3) is 5.91 Å². The molecule has 1 amide bonds. The Kier molecular flexibility index (Phi) is 4.16. The number of likely N-dealkylation sites (tertiary alicyclic amines) is 1. The molecule has 1 saturated heterocycles. The molecule has 3 aromatic rings. The molecule has 0 radical (unpaired) electrons. The summed E-state index contributed by atoms with van der Waals surface area (Å²) in [6.07, 6.45) is 3.71. The number of carbonyl (C=O) groups excluding carboxylic acids is 1. The maximum absolute atomic E-state index is 12.7. The Balaban J connectivity index is 1.53. The first-order valence-electron chi connectivity index (χ1n) is 8.59. The average Bonchev–Trinajstić information content (AvgIpc) is 3.25. The molecule has 1 aromatic carbocycles. The van der Waals surface area contributed by atoms with Crippen molar-refractivity contribution in [3.8, 4) is 5.75 Å². The maximum atomic E-state index is 12.7. The number of nitrogens with one attached hydrogen (secondary N) is 1. The van der Waals surface area contributed by atoms with E-state index in [4.69, 9.17) is 4.74 Å². The zero-order valence-electron chi connectivity index (χ0n) is 14.4. The predicted octanol–water partition coefficient (Wildman–Crippen LogP) is 1.61. The number of hydrogen-bond acceptors (Lipinski definition) is 5. The fourth-order valence-electron chi connectivity index (χ4n) is 3.39. The Labute approximate surface area is 149 Å². The van der Waals surface area contributed by atoms with Gasteiger partial charge in [-0.1, -0.05) is 0 Å². The van der Waals surface area contributed by atoms with Crippen LogP contribution in [-0.4, -0.2) is 50.0 Å². The number of imidazole rings is 1. The summed E-state index contributed by atoms with van der Waals surface area (Å²) in [5, 5.41) is 0. The van der Waals surface area contributed by atoms with Gasteiger partial charge in [0, 0.05) is 18.7 Å². The summed E-state index contributed by atoms with van der Waals surface area (Å²) in [5.41, 5.74) is 1.57. The lowest BCUT2D eigenvalue weighted by atomic mass is 10.2. The summed E-state index contributed by atoms with van der Waals surface area (Å²) in [6.45, 7) is 3.58. The van der Waals surface area contributed by atoms with Crippen molar-refractivity contribution in [1.29, 1.82) is 0 Å². The van der Waals surface area contributed by atoms with E-state index in [1.54, 1.807) is 39.9 Å². The lowest BCUT2D eigenvalue weighted by Gasteiger charge is -2.17. The van der Waals surface area contributed by atoms with Crippen molar-refractivity contribution in [2.45, 2.75) is 19.4 Å². The third-order valence-corrected chi connectivity index (χ3v) is 4.61. The highest BCUT2D eigenvalue weighted by molar-refractivity contribution is 5.94. The number of carbonyl (C=O) groups is 1. The first-order chi connectivity index (χ1) is 12.7. The summed E-state index contributed by atoms with van der Waals surface area (Å²) < 4.78 is 7.04. The van der Waals surface area contributed by atoms with Crippen LogP contribution in [0.2, 0.25) is 0 Å². The van der Waals surface area contributed by atoms with Crippen LogP contribution in [0.25, 0.3) is 11.2 Å². The third-order valence-electron chi connectivity index (χ3n) is 4.61. The summed E-state index contributed by atoms with van der Waals surface area (Å²) in [7, 11) is 0. The smallest absolute Gasteiger partial charge is 0.328 e. The molecule has 0 aliphatic carbocycles. The van der Waals surface area contributed by atoms with E-state index in [9.17, 15) is 9.59 Å². The van der Waals surface area contributed by atoms with Crippen LogP contribution in [0.15, 0.2) is 41.6 Å². The quantitative estimate of drug-likeness (QED) is 0.769. The van der Waals surface area contributed by atoms with Gasteiger partial charge in [0.05, 0.1) is 18.8 Å². The number of benzene rings is 1. The number of hydrogen-bond donors (Lipinski definition) is 1. The van der Waals surface area contributed by atoms with Crippen LogP contribution in [0.5, 0.6) is 5.75 Å². The molecule has 3 heterocycles. The molecule has 8 nitrogen and oxygen atoms in total. The Hall–Kier alpha value is -3.16. The summed E-state index contributed by atoms with van der Waals surface area (Å²) in [5.74, 6) is 0.700. The first-order valence-corrected chi connectivity index (χ1v) is 8.59. The SMILES string of the molecule is CCOc1ccc(C(=O)N2CCC(n3c(=O)[nH]c4cncnc43)C2)cc1. The highest BCUT2D eigenvalue weighted by Crippen LogP contribution is 2.25. The summed E-state index contributed by atoms with van der Waals surface area (Å²) in [6, 6.07) is 7.03. The van der Waals surface area contributed by atoms with Gasteiger partial charge in [-0.05, 0) is 37.6 Å². The van der Waals surface area contributed by atoms with E-state index in [-0.39, 0.29) is 17.6 Å². The van der Waals surface area contributed by atoms with Gasteiger partial charge in [-0.2, -0.15) is 0 Å². The Morgan fingerprint density at radius 2 is 2.15 bits per heavy atom. The molecule has 1 N–H and O–H groups in total. The zero-order chi connectivity index (χ0) is 18.1. The van der Waals surface area contributed by atoms with Gasteiger partial charge >= 0.3 is 5.69 Å². The average molecular weight is 353 g/mol. The molecule has 0 spiro atoms. The molecule has 26 heavy (non-hydrogen) atoms. The molecule has 1 unspecified atom stereocenters. The third kappa shape index (κ3) is 2.83. The van der Waals surface area contributed by atoms with Crippen LogP contribution in [0, 0.1) is 0 Å². The van der Waals surface area contributed by atoms with Gasteiger partial charge in [0.1, 0.15) is 17.6 Å². The highest BCUT2D eigenvalue weighted by Gasteiger charge is 2.30. The van der Waals surface area contributed by atoms with E-state index in [1.807, 2.05) is 6.92 Å². The van der Waals surface area contributed by atoms with Gasteiger partial charge in [-0.15, -0.1) is 0 Å². The fraction of sp³-hybridized carbons (Fsp3) is 0.333. The number of amides is 1. The zero-order valence-corrected chi connectivity index (χ0v) is 14.4. The van der Waals surface area contributed by atoms with Crippen LogP contribution in [0.1, 0.15) is 29.7 Å². The number of nitrogens with zero attached hydrogens (tertiary/aromatic N) is 4. The normalized spacial score (nSPS) is 17.0. The monoisotopic (exact) mass is 353 g/mol. The van der Waals surface area contributed by atoms with Crippen LogP contribution < -0.4 is 10.4 Å². The molecule has 1 fully saturated rings. The second-order valence-electron chi connectivity index (χ2n) is 6.21. The van der Waals surface area contributed by atoms with Crippen LogP contribution >= 0.6 is 0 Å². The molecular weight excluding hydrogens is 334 g/mol. The molecule has 0 bridgehead atoms. The second kappa shape index (κ2) is 6.62. The van der Waals surface area contributed by atoms with Crippen molar-refractivity contribution in [2.75, 3.05) is 19.7 Å². The lowest BCUT2D eigenvalue weighted by Crippen LogP contribution is -2.30. The van der Waals surface area contributed by atoms with E-state index in [1.165, 1.54) is 6.33 Å². The maximum Gasteiger partial charge on any atom is 0.328 e. The molecule has 1 atom stereocenters. The molecule has 4 rings (SSSR count). The minimum atomic E-state index is -0.221. The van der Waals surface area contributed by atoms with Crippen LogP contribution in [-0.2, 0) is 0 Å². The van der Waals surface area contributed by atoms with E-state index in [0.717, 1.165) is 5.75 Å². The van der Waals surface area contributed by atoms with Crippen molar-refractivity contribution >= 4 is 17.1 Å². The highest BCUT2D eigenvalue weighted by atomic mass is 16.5. The van der Waals surface area contributed by atoms with Crippen molar-refractivity contribution in [3.05, 3.63) is 52.8 Å². The standard InChI is InChI=1S/C18H19N5O3/c1-2-26-14-5-3-12(4-6-14)17(24)22-8-7-13(10-22)23-16-15(21-18(23)25)9-19-11-20-16/h3-6,9,11,13H,2,7-8,10H2,1H3,(H,21,25). The van der Waals surface area contributed by atoms with Gasteiger partial charge in [-0.3, -0.25) is 9.36 Å². The minimum absolute atomic E-state index is 0.0435. The number of aromatic amines is 1. The predicted molar refractivity (Wildman–Crippen MR) is 95.3 cm³/mol. The van der Waals surface area contributed by atoms with E-state index in [0.29, 0.717) is 42.8 Å². The Bertz CT molecular complexity index is 992. The lowest BCUT2D eigenvalue weighted by molar-refractivity contribution is 0.0787. The molecule has 134 valence electrons. The second-order valence-corrected chi connectivity index (χ2v) is 6.21. The number of aromatic nitrogens is 4. The molecule has 0 saturated carbocycles. The van der Waals surface area contributed by atoms with Gasteiger partial charge in [0.15, 0.2) is 5.65 Å². The number of H-pyrrole nitrogens is 1. The van der Waals surface area contributed by atoms with Gasteiger partial charge < -0.3 is 14.6 Å². The molecule has 2 aromatic heterocycles. The molecule has 1 aliphatic rings.